The molecule has 0 heterocycles. The molecule has 0 aromatic rings. The SMILES string of the molecule is CCC(CO)NC(=O)NC(C)C(C)CC. The Balaban J connectivity index is 3.92. The summed E-state index contributed by atoms with van der Waals surface area (Å²) >= 11 is 0. The lowest BCUT2D eigenvalue weighted by Crippen LogP contribution is -2.48. The zero-order valence-corrected chi connectivity index (χ0v) is 10.2. The van der Waals surface area contributed by atoms with Crippen molar-refractivity contribution in [2.24, 2.45) is 5.92 Å². The monoisotopic (exact) mass is 216 g/mol. The second-order valence-electron chi connectivity index (χ2n) is 4.08. The average molecular weight is 216 g/mol. The maximum absolute atomic E-state index is 11.5. The lowest BCUT2D eigenvalue weighted by atomic mass is 10.0. The fourth-order valence-corrected chi connectivity index (χ4v) is 1.21. The zero-order chi connectivity index (χ0) is 11.8. The van der Waals surface area contributed by atoms with Gasteiger partial charge in [-0.15, -0.1) is 0 Å². The van der Waals surface area contributed by atoms with Crippen LogP contribution < -0.4 is 10.6 Å². The van der Waals surface area contributed by atoms with Gasteiger partial charge in [0.1, 0.15) is 0 Å². The molecule has 3 N–H and O–H groups in total. The molecular weight excluding hydrogens is 192 g/mol. The summed E-state index contributed by atoms with van der Waals surface area (Å²) < 4.78 is 0. The summed E-state index contributed by atoms with van der Waals surface area (Å²) in [5.41, 5.74) is 0. The second-order valence-corrected chi connectivity index (χ2v) is 4.08. The van der Waals surface area contributed by atoms with E-state index in [-0.39, 0.29) is 24.7 Å². The van der Waals surface area contributed by atoms with Crippen LogP contribution in [0.4, 0.5) is 4.79 Å². The lowest BCUT2D eigenvalue weighted by molar-refractivity contribution is 0.209. The maximum Gasteiger partial charge on any atom is 0.315 e. The van der Waals surface area contributed by atoms with Crippen LogP contribution in [-0.2, 0) is 0 Å². The minimum absolute atomic E-state index is 0.0123. The van der Waals surface area contributed by atoms with Crippen LogP contribution in [0.5, 0.6) is 0 Å². The van der Waals surface area contributed by atoms with Gasteiger partial charge in [0.25, 0.3) is 0 Å². The van der Waals surface area contributed by atoms with Crippen molar-refractivity contribution in [1.82, 2.24) is 10.6 Å². The summed E-state index contributed by atoms with van der Waals surface area (Å²) in [6.45, 7) is 8.12. The lowest BCUT2D eigenvalue weighted by Gasteiger charge is -2.22. The van der Waals surface area contributed by atoms with E-state index >= 15 is 0 Å². The molecule has 0 bridgehead atoms. The van der Waals surface area contributed by atoms with E-state index in [0.29, 0.717) is 5.92 Å². The smallest absolute Gasteiger partial charge is 0.315 e. The molecular formula is C11H24N2O2. The molecule has 3 atom stereocenters. The fraction of sp³-hybridized carbons (Fsp3) is 0.909. The van der Waals surface area contributed by atoms with Gasteiger partial charge < -0.3 is 15.7 Å². The molecule has 0 spiro atoms. The standard InChI is InChI=1S/C11H24N2O2/c1-5-8(3)9(4)12-11(15)13-10(6-2)7-14/h8-10,14H,5-7H2,1-4H3,(H2,12,13,15). The summed E-state index contributed by atoms with van der Waals surface area (Å²) in [6, 6.07) is -0.177. The largest absolute Gasteiger partial charge is 0.394 e. The number of carbonyl (C=O) groups excluding carboxylic acids is 1. The van der Waals surface area contributed by atoms with Crippen LogP contribution in [0.25, 0.3) is 0 Å². The van der Waals surface area contributed by atoms with Gasteiger partial charge in [0.15, 0.2) is 0 Å². The molecule has 4 heteroatoms. The van der Waals surface area contributed by atoms with Crippen LogP contribution in [-0.4, -0.2) is 29.8 Å². The first-order valence-electron chi connectivity index (χ1n) is 5.72. The third kappa shape index (κ3) is 5.62. The van der Waals surface area contributed by atoms with Crippen molar-refractivity contribution in [3.8, 4) is 0 Å². The molecule has 0 saturated carbocycles. The van der Waals surface area contributed by atoms with E-state index in [2.05, 4.69) is 24.5 Å². The molecule has 0 aliphatic carbocycles. The van der Waals surface area contributed by atoms with Gasteiger partial charge in [-0.2, -0.15) is 0 Å². The molecule has 2 amide bonds. The van der Waals surface area contributed by atoms with Crippen molar-refractivity contribution in [3.05, 3.63) is 0 Å². The third-order valence-electron chi connectivity index (χ3n) is 2.90. The number of urea groups is 1. The van der Waals surface area contributed by atoms with Crippen molar-refractivity contribution < 1.29 is 9.90 Å². The summed E-state index contributed by atoms with van der Waals surface area (Å²) in [5, 5.41) is 14.5. The molecule has 90 valence electrons. The Morgan fingerprint density at radius 3 is 2.20 bits per heavy atom. The van der Waals surface area contributed by atoms with E-state index in [1.165, 1.54) is 0 Å². The van der Waals surface area contributed by atoms with Gasteiger partial charge in [0.05, 0.1) is 12.6 Å². The van der Waals surface area contributed by atoms with E-state index in [1.807, 2.05) is 13.8 Å². The number of rotatable bonds is 6. The Morgan fingerprint density at radius 1 is 1.20 bits per heavy atom. The van der Waals surface area contributed by atoms with Crippen molar-refractivity contribution in [2.75, 3.05) is 6.61 Å². The molecule has 0 fully saturated rings. The fourth-order valence-electron chi connectivity index (χ4n) is 1.21. The quantitative estimate of drug-likeness (QED) is 0.630. The van der Waals surface area contributed by atoms with Crippen LogP contribution >= 0.6 is 0 Å². The molecule has 0 rings (SSSR count). The first-order valence-corrected chi connectivity index (χ1v) is 5.72. The van der Waals surface area contributed by atoms with Crippen LogP contribution in [0.3, 0.4) is 0 Å². The summed E-state index contributed by atoms with van der Waals surface area (Å²) in [6.07, 6.45) is 1.78. The number of carbonyl (C=O) groups is 1. The average Bonchev–Trinajstić information content (AvgIpc) is 2.24. The zero-order valence-electron chi connectivity index (χ0n) is 10.2. The predicted molar refractivity (Wildman–Crippen MR) is 61.7 cm³/mol. The van der Waals surface area contributed by atoms with Gasteiger partial charge in [-0.05, 0) is 19.3 Å². The first kappa shape index (κ1) is 14.2. The van der Waals surface area contributed by atoms with Crippen molar-refractivity contribution in [3.63, 3.8) is 0 Å². The topological polar surface area (TPSA) is 61.4 Å². The van der Waals surface area contributed by atoms with Crippen LogP contribution in [0.1, 0.15) is 40.5 Å². The summed E-state index contributed by atoms with van der Waals surface area (Å²) in [5.74, 6) is 0.463. The van der Waals surface area contributed by atoms with E-state index in [0.717, 1.165) is 12.8 Å². The van der Waals surface area contributed by atoms with Gasteiger partial charge >= 0.3 is 6.03 Å². The number of aliphatic hydroxyl groups excluding tert-OH is 1. The molecule has 0 aliphatic rings. The molecule has 0 saturated heterocycles. The van der Waals surface area contributed by atoms with Gasteiger partial charge in [0, 0.05) is 6.04 Å². The van der Waals surface area contributed by atoms with Crippen molar-refractivity contribution >= 4 is 6.03 Å². The van der Waals surface area contributed by atoms with Crippen molar-refractivity contribution in [2.45, 2.75) is 52.6 Å². The first-order chi connectivity index (χ1) is 7.04. The van der Waals surface area contributed by atoms with Crippen LogP contribution in [0, 0.1) is 5.92 Å². The molecule has 3 unspecified atom stereocenters. The summed E-state index contributed by atoms with van der Waals surface area (Å²) in [7, 11) is 0. The van der Waals surface area contributed by atoms with Gasteiger partial charge in [-0.25, -0.2) is 4.79 Å². The molecule has 0 aromatic heterocycles. The van der Waals surface area contributed by atoms with E-state index in [1.54, 1.807) is 0 Å². The molecule has 4 nitrogen and oxygen atoms in total. The molecule has 0 aromatic carbocycles. The van der Waals surface area contributed by atoms with Gasteiger partial charge in [-0.3, -0.25) is 0 Å². The Kier molecular flexibility index (Phi) is 7.13. The predicted octanol–water partition coefficient (Wildman–Crippen LogP) is 1.49. The molecule has 0 aliphatic heterocycles. The highest BCUT2D eigenvalue weighted by Crippen LogP contribution is 2.06. The van der Waals surface area contributed by atoms with Gasteiger partial charge in [-0.1, -0.05) is 27.2 Å². The number of hydrogen-bond acceptors (Lipinski definition) is 2. The Bertz CT molecular complexity index is 181. The van der Waals surface area contributed by atoms with Crippen LogP contribution in [0.15, 0.2) is 0 Å². The second kappa shape index (κ2) is 7.51. The highest BCUT2D eigenvalue weighted by Gasteiger charge is 2.14. The highest BCUT2D eigenvalue weighted by molar-refractivity contribution is 5.74. The van der Waals surface area contributed by atoms with Crippen LogP contribution in [0.2, 0.25) is 0 Å². The summed E-state index contributed by atoms with van der Waals surface area (Å²) in [4.78, 5) is 11.5. The minimum atomic E-state index is -0.191. The Morgan fingerprint density at radius 2 is 1.80 bits per heavy atom. The van der Waals surface area contributed by atoms with Gasteiger partial charge in [0.2, 0.25) is 0 Å². The van der Waals surface area contributed by atoms with E-state index < -0.39 is 0 Å². The maximum atomic E-state index is 11.5. The van der Waals surface area contributed by atoms with Crippen molar-refractivity contribution in [1.29, 1.82) is 0 Å². The minimum Gasteiger partial charge on any atom is -0.394 e. The Labute approximate surface area is 92.4 Å². The highest BCUT2D eigenvalue weighted by atomic mass is 16.3. The normalized spacial score (nSPS) is 16.6. The Hall–Kier alpha value is -0.770. The third-order valence-corrected chi connectivity index (χ3v) is 2.90. The molecule has 15 heavy (non-hydrogen) atoms. The number of aliphatic hydroxyl groups is 1. The number of nitrogens with one attached hydrogen (secondary N) is 2. The van der Waals surface area contributed by atoms with E-state index in [9.17, 15) is 4.79 Å². The van der Waals surface area contributed by atoms with E-state index in [4.69, 9.17) is 5.11 Å². The number of hydrogen-bond donors (Lipinski definition) is 3. The number of amides is 2. The molecule has 0 radical (unpaired) electrons.